The van der Waals surface area contributed by atoms with E-state index in [9.17, 15) is 4.79 Å². The lowest BCUT2D eigenvalue weighted by molar-refractivity contribution is -0.113. The Hall–Kier alpha value is -1.96. The van der Waals surface area contributed by atoms with E-state index in [1.807, 2.05) is 31.4 Å². The molecule has 0 spiro atoms. The van der Waals surface area contributed by atoms with Gasteiger partial charge in [-0.1, -0.05) is 41.0 Å². The summed E-state index contributed by atoms with van der Waals surface area (Å²) in [6.07, 6.45) is 1.62. The van der Waals surface area contributed by atoms with Crippen LogP contribution in [0, 0.1) is 6.92 Å². The average Bonchev–Trinajstić information content (AvgIpc) is 3.22. The summed E-state index contributed by atoms with van der Waals surface area (Å²) >= 11 is 13.4. The van der Waals surface area contributed by atoms with Crippen LogP contribution in [-0.2, 0) is 4.79 Å². The molecule has 1 aromatic carbocycles. The molecule has 0 aliphatic heterocycles. The smallest absolute Gasteiger partial charge is 0.234 e. The van der Waals surface area contributed by atoms with Crippen LogP contribution < -0.4 is 5.32 Å². The Kier molecular flexibility index (Phi) is 6.14. The topological polar surface area (TPSA) is 72.9 Å². The highest BCUT2D eigenvalue weighted by Crippen LogP contribution is 2.31. The van der Waals surface area contributed by atoms with Gasteiger partial charge in [0.05, 0.1) is 33.3 Å². The van der Waals surface area contributed by atoms with Crippen LogP contribution in [0.25, 0.3) is 11.4 Å². The highest BCUT2D eigenvalue weighted by atomic mass is 35.5. The van der Waals surface area contributed by atoms with Crippen LogP contribution in [-0.4, -0.2) is 26.4 Å². The van der Waals surface area contributed by atoms with E-state index in [0.29, 0.717) is 20.9 Å². The van der Waals surface area contributed by atoms with Crippen LogP contribution in [0.3, 0.4) is 0 Å². The standard InChI is InChI=1S/C18H18Cl2N4O2S/c1-10(2)24-17(12-7-8-26-11(12)3)22-23-18(24)27-9-15(25)21-14-6-4-5-13(19)16(14)20/h4-8,10H,9H2,1-3H3,(H,21,25). The molecule has 1 N–H and O–H groups in total. The quantitative estimate of drug-likeness (QED) is 0.531. The minimum Gasteiger partial charge on any atom is -0.469 e. The third kappa shape index (κ3) is 4.31. The number of anilines is 1. The first-order chi connectivity index (χ1) is 12.9. The molecule has 0 fully saturated rings. The molecule has 142 valence electrons. The number of hydrogen-bond donors (Lipinski definition) is 1. The van der Waals surface area contributed by atoms with Gasteiger partial charge in [0.15, 0.2) is 11.0 Å². The van der Waals surface area contributed by atoms with Crippen LogP contribution >= 0.6 is 35.0 Å². The summed E-state index contributed by atoms with van der Waals surface area (Å²) in [6.45, 7) is 5.96. The van der Waals surface area contributed by atoms with Crippen molar-refractivity contribution >= 4 is 46.6 Å². The number of rotatable bonds is 6. The Balaban J connectivity index is 1.74. The molecule has 0 atom stereocenters. The van der Waals surface area contributed by atoms with Gasteiger partial charge in [-0.15, -0.1) is 10.2 Å². The molecule has 0 aliphatic carbocycles. The predicted molar refractivity (Wildman–Crippen MR) is 109 cm³/mol. The fraction of sp³-hybridized carbons (Fsp3) is 0.278. The molecule has 6 nitrogen and oxygen atoms in total. The molecule has 0 saturated carbocycles. The molecule has 0 saturated heterocycles. The van der Waals surface area contributed by atoms with Crippen molar-refractivity contribution in [2.24, 2.45) is 0 Å². The van der Waals surface area contributed by atoms with E-state index < -0.39 is 0 Å². The van der Waals surface area contributed by atoms with Gasteiger partial charge < -0.3 is 9.73 Å². The third-order valence-corrected chi connectivity index (χ3v) is 5.60. The first-order valence-corrected chi connectivity index (χ1v) is 9.98. The van der Waals surface area contributed by atoms with Crippen molar-refractivity contribution in [2.75, 3.05) is 11.1 Å². The van der Waals surface area contributed by atoms with Gasteiger partial charge in [-0.2, -0.15) is 0 Å². The summed E-state index contributed by atoms with van der Waals surface area (Å²) in [5.74, 6) is 1.45. The second-order valence-electron chi connectivity index (χ2n) is 6.10. The van der Waals surface area contributed by atoms with Gasteiger partial charge in [0, 0.05) is 6.04 Å². The Morgan fingerprint density at radius 2 is 2.07 bits per heavy atom. The van der Waals surface area contributed by atoms with Gasteiger partial charge in [-0.3, -0.25) is 9.36 Å². The molecule has 0 bridgehead atoms. The number of halogens is 2. The number of amides is 1. The predicted octanol–water partition coefficient (Wildman–Crippen LogP) is 5.47. The highest BCUT2D eigenvalue weighted by molar-refractivity contribution is 7.99. The van der Waals surface area contributed by atoms with Crippen LogP contribution in [0.15, 0.2) is 40.1 Å². The average molecular weight is 425 g/mol. The normalized spacial score (nSPS) is 11.2. The summed E-state index contributed by atoms with van der Waals surface area (Å²) in [5, 5.41) is 12.7. The first kappa shape index (κ1) is 19.8. The van der Waals surface area contributed by atoms with Crippen molar-refractivity contribution in [3.63, 3.8) is 0 Å². The molecular weight excluding hydrogens is 407 g/mol. The maximum Gasteiger partial charge on any atom is 0.234 e. The lowest BCUT2D eigenvalue weighted by Gasteiger charge is -2.13. The zero-order valence-corrected chi connectivity index (χ0v) is 17.3. The first-order valence-electron chi connectivity index (χ1n) is 8.24. The number of benzene rings is 1. The van der Waals surface area contributed by atoms with Crippen molar-refractivity contribution in [3.05, 3.63) is 46.3 Å². The summed E-state index contributed by atoms with van der Waals surface area (Å²) in [6, 6.07) is 7.08. The summed E-state index contributed by atoms with van der Waals surface area (Å²) in [4.78, 5) is 12.3. The van der Waals surface area contributed by atoms with Gasteiger partial charge in [-0.25, -0.2) is 0 Å². The second-order valence-corrected chi connectivity index (χ2v) is 7.83. The molecule has 3 aromatic rings. The Morgan fingerprint density at radius 1 is 1.30 bits per heavy atom. The number of carbonyl (C=O) groups excluding carboxylic acids is 1. The minimum absolute atomic E-state index is 0.122. The van der Waals surface area contributed by atoms with Gasteiger partial charge in [0.2, 0.25) is 5.91 Å². The molecule has 2 heterocycles. The number of nitrogens with one attached hydrogen (secondary N) is 1. The summed E-state index contributed by atoms with van der Waals surface area (Å²) in [5.41, 5.74) is 1.37. The Morgan fingerprint density at radius 3 is 2.74 bits per heavy atom. The van der Waals surface area contributed by atoms with Gasteiger partial charge >= 0.3 is 0 Å². The number of furan rings is 1. The monoisotopic (exact) mass is 424 g/mol. The largest absolute Gasteiger partial charge is 0.469 e. The van der Waals surface area contributed by atoms with Crippen molar-refractivity contribution in [1.29, 1.82) is 0 Å². The molecule has 1 amide bonds. The van der Waals surface area contributed by atoms with Crippen molar-refractivity contribution in [2.45, 2.75) is 32.0 Å². The molecule has 2 aromatic heterocycles. The fourth-order valence-corrected chi connectivity index (χ4v) is 3.77. The van der Waals surface area contributed by atoms with Gasteiger partial charge in [-0.05, 0) is 39.0 Å². The molecule has 9 heteroatoms. The van der Waals surface area contributed by atoms with E-state index in [0.717, 1.165) is 17.1 Å². The van der Waals surface area contributed by atoms with E-state index >= 15 is 0 Å². The second kappa shape index (κ2) is 8.37. The fourth-order valence-electron chi connectivity index (χ4n) is 2.56. The Bertz CT molecular complexity index is 968. The van der Waals surface area contributed by atoms with E-state index in [1.165, 1.54) is 11.8 Å². The molecular formula is C18H18Cl2N4O2S. The maximum absolute atomic E-state index is 12.3. The minimum atomic E-state index is -0.205. The van der Waals surface area contributed by atoms with E-state index in [2.05, 4.69) is 15.5 Å². The number of carbonyl (C=O) groups is 1. The molecule has 27 heavy (non-hydrogen) atoms. The third-order valence-electron chi connectivity index (χ3n) is 3.84. The lowest BCUT2D eigenvalue weighted by atomic mass is 10.2. The molecule has 3 rings (SSSR count). The van der Waals surface area contributed by atoms with E-state index in [-0.39, 0.29) is 17.7 Å². The number of aromatic nitrogens is 3. The van der Waals surface area contributed by atoms with Crippen LogP contribution in [0.5, 0.6) is 0 Å². The van der Waals surface area contributed by atoms with Crippen molar-refractivity contribution < 1.29 is 9.21 Å². The lowest BCUT2D eigenvalue weighted by Crippen LogP contribution is -2.15. The molecule has 0 aliphatic rings. The van der Waals surface area contributed by atoms with Gasteiger partial charge in [0.1, 0.15) is 5.76 Å². The van der Waals surface area contributed by atoms with Crippen LogP contribution in [0.1, 0.15) is 25.6 Å². The van der Waals surface area contributed by atoms with Gasteiger partial charge in [0.25, 0.3) is 0 Å². The number of nitrogens with zero attached hydrogens (tertiary/aromatic N) is 3. The summed E-state index contributed by atoms with van der Waals surface area (Å²) in [7, 11) is 0. The number of aryl methyl sites for hydroxylation is 1. The van der Waals surface area contributed by atoms with Crippen LogP contribution in [0.4, 0.5) is 5.69 Å². The van der Waals surface area contributed by atoms with E-state index in [4.69, 9.17) is 27.6 Å². The zero-order valence-electron chi connectivity index (χ0n) is 15.0. The van der Waals surface area contributed by atoms with Crippen molar-refractivity contribution in [3.8, 4) is 11.4 Å². The molecule has 0 radical (unpaired) electrons. The molecule has 0 unspecified atom stereocenters. The maximum atomic E-state index is 12.3. The highest BCUT2D eigenvalue weighted by Gasteiger charge is 2.20. The number of hydrogen-bond acceptors (Lipinski definition) is 5. The summed E-state index contributed by atoms with van der Waals surface area (Å²) < 4.78 is 7.36. The van der Waals surface area contributed by atoms with Crippen LogP contribution in [0.2, 0.25) is 10.0 Å². The zero-order chi connectivity index (χ0) is 19.6. The number of thioether (sulfide) groups is 1. The van der Waals surface area contributed by atoms with Crippen molar-refractivity contribution in [1.82, 2.24) is 14.8 Å². The van der Waals surface area contributed by atoms with E-state index in [1.54, 1.807) is 24.5 Å². The SMILES string of the molecule is Cc1occc1-c1nnc(SCC(=O)Nc2cccc(Cl)c2Cl)n1C(C)C. The Labute approximate surface area is 171 Å².